The highest BCUT2D eigenvalue weighted by molar-refractivity contribution is 7.92. The van der Waals surface area contributed by atoms with E-state index < -0.39 is 21.5 Å². The summed E-state index contributed by atoms with van der Waals surface area (Å²) < 4.78 is 51.3. The standard InChI is InChI=1S/C13H19F2NO2S/c1-2-3-4-5-10-13(14,15)19(17,18)12-8-6-11(16)7-9-12/h6-9H,2-5,10,16H2,1H3. The molecule has 0 amide bonds. The van der Waals surface area contributed by atoms with Crippen LogP contribution in [-0.2, 0) is 9.84 Å². The SMILES string of the molecule is CCCCCCC(F)(F)S(=O)(=O)c1ccc(N)cc1. The van der Waals surface area contributed by atoms with Crippen LogP contribution in [0.5, 0.6) is 0 Å². The van der Waals surface area contributed by atoms with E-state index >= 15 is 0 Å². The fourth-order valence-electron chi connectivity index (χ4n) is 1.71. The van der Waals surface area contributed by atoms with Gasteiger partial charge in [-0.15, -0.1) is 0 Å². The second-order valence-electron chi connectivity index (χ2n) is 4.52. The summed E-state index contributed by atoms with van der Waals surface area (Å²) in [6, 6.07) is 4.84. The van der Waals surface area contributed by atoms with Crippen molar-refractivity contribution in [3.8, 4) is 0 Å². The Morgan fingerprint density at radius 2 is 1.68 bits per heavy atom. The van der Waals surface area contributed by atoms with Crippen LogP contribution in [0, 0.1) is 0 Å². The van der Waals surface area contributed by atoms with E-state index in [-0.39, 0.29) is 11.3 Å². The number of anilines is 1. The molecule has 0 bridgehead atoms. The van der Waals surface area contributed by atoms with Gasteiger partial charge in [0.1, 0.15) is 0 Å². The molecule has 0 aliphatic rings. The van der Waals surface area contributed by atoms with Gasteiger partial charge >= 0.3 is 5.25 Å². The van der Waals surface area contributed by atoms with Gasteiger partial charge in [-0.3, -0.25) is 0 Å². The van der Waals surface area contributed by atoms with Gasteiger partial charge in [-0.2, -0.15) is 8.78 Å². The van der Waals surface area contributed by atoms with Gasteiger partial charge in [0.15, 0.2) is 0 Å². The molecule has 0 atom stereocenters. The van der Waals surface area contributed by atoms with E-state index in [1.807, 2.05) is 6.92 Å². The highest BCUT2D eigenvalue weighted by atomic mass is 32.2. The lowest BCUT2D eigenvalue weighted by molar-refractivity contribution is 0.0788. The van der Waals surface area contributed by atoms with Crippen molar-refractivity contribution in [1.82, 2.24) is 0 Å². The zero-order valence-electron chi connectivity index (χ0n) is 10.9. The predicted molar refractivity (Wildman–Crippen MR) is 71.7 cm³/mol. The number of alkyl halides is 2. The van der Waals surface area contributed by atoms with Crippen LogP contribution >= 0.6 is 0 Å². The third-order valence-electron chi connectivity index (χ3n) is 2.90. The van der Waals surface area contributed by atoms with Crippen molar-refractivity contribution >= 4 is 15.5 Å². The fraction of sp³-hybridized carbons (Fsp3) is 0.538. The zero-order valence-corrected chi connectivity index (χ0v) is 11.7. The van der Waals surface area contributed by atoms with Crippen molar-refractivity contribution in [1.29, 1.82) is 0 Å². The first-order valence-corrected chi connectivity index (χ1v) is 7.77. The number of halogens is 2. The topological polar surface area (TPSA) is 60.2 Å². The van der Waals surface area contributed by atoms with E-state index in [1.165, 1.54) is 12.1 Å². The van der Waals surface area contributed by atoms with Crippen molar-refractivity contribution < 1.29 is 17.2 Å². The van der Waals surface area contributed by atoms with Crippen LogP contribution in [0.25, 0.3) is 0 Å². The molecule has 0 saturated carbocycles. The zero-order chi connectivity index (χ0) is 14.5. The van der Waals surface area contributed by atoms with E-state index in [9.17, 15) is 17.2 Å². The number of benzene rings is 1. The molecule has 0 spiro atoms. The first-order valence-electron chi connectivity index (χ1n) is 6.29. The summed E-state index contributed by atoms with van der Waals surface area (Å²) in [6.45, 7) is 1.96. The molecular formula is C13H19F2NO2S. The maximum atomic E-state index is 13.8. The van der Waals surface area contributed by atoms with Crippen LogP contribution in [0.3, 0.4) is 0 Å². The Balaban J connectivity index is 2.82. The Morgan fingerprint density at radius 1 is 1.11 bits per heavy atom. The van der Waals surface area contributed by atoms with Crippen molar-refractivity contribution in [2.24, 2.45) is 0 Å². The number of hydrogen-bond acceptors (Lipinski definition) is 3. The molecule has 108 valence electrons. The normalized spacial score (nSPS) is 12.6. The lowest BCUT2D eigenvalue weighted by atomic mass is 10.2. The van der Waals surface area contributed by atoms with E-state index in [2.05, 4.69) is 0 Å². The molecule has 0 saturated heterocycles. The maximum Gasteiger partial charge on any atom is 0.350 e. The Morgan fingerprint density at radius 3 is 2.21 bits per heavy atom. The van der Waals surface area contributed by atoms with Gasteiger partial charge in [0.05, 0.1) is 4.90 Å². The minimum atomic E-state index is -4.63. The average molecular weight is 291 g/mol. The van der Waals surface area contributed by atoms with Crippen LogP contribution in [0.2, 0.25) is 0 Å². The van der Waals surface area contributed by atoms with Gasteiger partial charge in [0.25, 0.3) is 0 Å². The van der Waals surface area contributed by atoms with Crippen LogP contribution in [0.15, 0.2) is 29.2 Å². The minimum Gasteiger partial charge on any atom is -0.399 e. The van der Waals surface area contributed by atoms with E-state index in [0.717, 1.165) is 25.0 Å². The van der Waals surface area contributed by atoms with Crippen LogP contribution < -0.4 is 5.73 Å². The summed E-state index contributed by atoms with van der Waals surface area (Å²) in [5.41, 5.74) is 5.75. The molecule has 0 aliphatic carbocycles. The summed E-state index contributed by atoms with van der Waals surface area (Å²) in [5.74, 6) is 0. The highest BCUT2D eigenvalue weighted by Gasteiger charge is 2.45. The van der Waals surface area contributed by atoms with Crippen molar-refractivity contribution in [3.05, 3.63) is 24.3 Å². The number of nitrogens with two attached hydrogens (primary N) is 1. The Labute approximate surface area is 112 Å². The van der Waals surface area contributed by atoms with Crippen molar-refractivity contribution in [2.45, 2.75) is 49.2 Å². The monoisotopic (exact) mass is 291 g/mol. The summed E-state index contributed by atoms with van der Waals surface area (Å²) in [6.07, 6.45) is 1.92. The van der Waals surface area contributed by atoms with Crippen molar-refractivity contribution in [3.63, 3.8) is 0 Å². The van der Waals surface area contributed by atoms with Crippen molar-refractivity contribution in [2.75, 3.05) is 5.73 Å². The largest absolute Gasteiger partial charge is 0.399 e. The molecule has 0 heterocycles. The van der Waals surface area contributed by atoms with Gasteiger partial charge in [0.2, 0.25) is 9.84 Å². The number of sulfone groups is 1. The highest BCUT2D eigenvalue weighted by Crippen LogP contribution is 2.34. The Bertz CT molecular complexity index is 498. The molecule has 0 aromatic heterocycles. The first-order chi connectivity index (χ1) is 8.81. The van der Waals surface area contributed by atoms with Crippen LogP contribution in [0.1, 0.15) is 39.0 Å². The van der Waals surface area contributed by atoms with E-state index in [4.69, 9.17) is 5.73 Å². The molecule has 6 heteroatoms. The third-order valence-corrected chi connectivity index (χ3v) is 4.79. The quantitative estimate of drug-likeness (QED) is 0.616. The molecule has 0 unspecified atom stereocenters. The molecule has 0 fully saturated rings. The molecule has 3 nitrogen and oxygen atoms in total. The summed E-state index contributed by atoms with van der Waals surface area (Å²) in [4.78, 5) is -0.387. The van der Waals surface area contributed by atoms with E-state index in [1.54, 1.807) is 0 Å². The van der Waals surface area contributed by atoms with Gasteiger partial charge in [-0.05, 0) is 30.7 Å². The molecule has 1 rings (SSSR count). The lowest BCUT2D eigenvalue weighted by Gasteiger charge is -2.17. The van der Waals surface area contributed by atoms with Gasteiger partial charge in [-0.25, -0.2) is 8.42 Å². The third kappa shape index (κ3) is 3.89. The lowest BCUT2D eigenvalue weighted by Crippen LogP contribution is -2.28. The molecule has 19 heavy (non-hydrogen) atoms. The molecule has 1 aromatic rings. The summed E-state index contributed by atoms with van der Waals surface area (Å²) in [5, 5.41) is -3.73. The first kappa shape index (κ1) is 15.9. The molecule has 2 N–H and O–H groups in total. The van der Waals surface area contributed by atoms with Gasteiger partial charge in [-0.1, -0.05) is 26.2 Å². The second kappa shape index (κ2) is 6.32. The predicted octanol–water partition coefficient (Wildman–Crippen LogP) is 3.61. The number of hydrogen-bond donors (Lipinski definition) is 1. The smallest absolute Gasteiger partial charge is 0.350 e. The maximum absolute atomic E-state index is 13.8. The molecule has 0 radical (unpaired) electrons. The Kier molecular flexibility index (Phi) is 5.29. The molecule has 0 aliphatic heterocycles. The summed E-state index contributed by atoms with van der Waals surface area (Å²) in [7, 11) is -4.63. The summed E-state index contributed by atoms with van der Waals surface area (Å²) >= 11 is 0. The molecular weight excluding hydrogens is 272 g/mol. The number of rotatable bonds is 7. The second-order valence-corrected chi connectivity index (χ2v) is 6.60. The fourth-order valence-corrected chi connectivity index (χ4v) is 2.96. The molecule has 1 aromatic carbocycles. The van der Waals surface area contributed by atoms with E-state index in [0.29, 0.717) is 12.1 Å². The van der Waals surface area contributed by atoms with Gasteiger partial charge in [0, 0.05) is 12.1 Å². The van der Waals surface area contributed by atoms with Crippen LogP contribution in [0.4, 0.5) is 14.5 Å². The van der Waals surface area contributed by atoms with Gasteiger partial charge < -0.3 is 5.73 Å². The number of unbranched alkanes of at least 4 members (excludes halogenated alkanes) is 3. The Hall–Kier alpha value is -1.17. The average Bonchev–Trinajstić information content (AvgIpc) is 2.35. The number of nitrogen functional groups attached to an aromatic ring is 1. The minimum absolute atomic E-state index is 0.203. The van der Waals surface area contributed by atoms with Crippen LogP contribution in [-0.4, -0.2) is 13.7 Å².